The van der Waals surface area contributed by atoms with Crippen molar-refractivity contribution in [1.82, 2.24) is 4.90 Å². The van der Waals surface area contributed by atoms with Gasteiger partial charge in [-0.2, -0.15) is 0 Å². The van der Waals surface area contributed by atoms with E-state index in [0.29, 0.717) is 18.8 Å². The summed E-state index contributed by atoms with van der Waals surface area (Å²) in [6.07, 6.45) is 1.35. The molecular formula is C17H22FN3O4. The van der Waals surface area contributed by atoms with E-state index in [0.717, 1.165) is 18.9 Å². The highest BCUT2D eigenvalue weighted by molar-refractivity contribution is 5.70. The van der Waals surface area contributed by atoms with Crippen molar-refractivity contribution < 1.29 is 18.8 Å². The highest BCUT2D eigenvalue weighted by atomic mass is 19.1. The van der Waals surface area contributed by atoms with Gasteiger partial charge in [-0.1, -0.05) is 0 Å². The van der Waals surface area contributed by atoms with Crippen LogP contribution in [0.1, 0.15) is 33.6 Å². The van der Waals surface area contributed by atoms with Crippen molar-refractivity contribution in [1.29, 1.82) is 0 Å². The summed E-state index contributed by atoms with van der Waals surface area (Å²) >= 11 is 0. The molecule has 2 atom stereocenters. The average Bonchev–Trinajstić information content (AvgIpc) is 2.76. The number of halogens is 1. The lowest BCUT2D eigenvalue weighted by atomic mass is 10.1. The van der Waals surface area contributed by atoms with Crippen molar-refractivity contribution in [3.8, 4) is 0 Å². The SMILES string of the molecule is CC(C)(C)OC(=O)N1C2CCC1CN(c1ccc([N+](=O)[O-])cc1F)C2. The van der Waals surface area contributed by atoms with Crippen LogP contribution in [-0.4, -0.2) is 46.7 Å². The molecule has 0 spiro atoms. The number of hydrogen-bond acceptors (Lipinski definition) is 5. The number of ether oxygens (including phenoxy) is 1. The van der Waals surface area contributed by atoms with E-state index in [-0.39, 0.29) is 23.9 Å². The Morgan fingerprint density at radius 2 is 1.88 bits per heavy atom. The van der Waals surface area contributed by atoms with Gasteiger partial charge >= 0.3 is 6.09 Å². The van der Waals surface area contributed by atoms with Crippen LogP contribution in [-0.2, 0) is 4.74 Å². The third kappa shape index (κ3) is 3.52. The highest BCUT2D eigenvalue weighted by Gasteiger charge is 2.44. The van der Waals surface area contributed by atoms with Crippen molar-refractivity contribution in [2.24, 2.45) is 0 Å². The molecule has 0 saturated carbocycles. The fourth-order valence-electron chi connectivity index (χ4n) is 3.58. The van der Waals surface area contributed by atoms with E-state index in [9.17, 15) is 19.3 Å². The summed E-state index contributed by atoms with van der Waals surface area (Å²) in [6.45, 7) is 6.47. The molecule has 7 nitrogen and oxygen atoms in total. The molecule has 2 heterocycles. The predicted molar refractivity (Wildman–Crippen MR) is 90.2 cm³/mol. The number of nitrogens with zero attached hydrogens (tertiary/aromatic N) is 3. The standard InChI is InChI=1S/C17H22FN3O4/c1-17(2,3)25-16(22)20-12-4-5-13(20)10-19(9-12)15-7-6-11(21(23)24)8-14(15)18/h6-8,12-13H,4-5,9-10H2,1-3H3. The molecule has 2 fully saturated rings. The van der Waals surface area contributed by atoms with Crippen LogP contribution in [0.3, 0.4) is 0 Å². The minimum absolute atomic E-state index is 0.0387. The fraction of sp³-hybridized carbons (Fsp3) is 0.588. The number of rotatable bonds is 2. The third-order valence-corrected chi connectivity index (χ3v) is 4.57. The Labute approximate surface area is 145 Å². The number of hydrogen-bond donors (Lipinski definition) is 0. The molecule has 0 radical (unpaired) electrons. The summed E-state index contributed by atoms with van der Waals surface area (Å²) in [5.74, 6) is -0.612. The van der Waals surface area contributed by atoms with E-state index in [2.05, 4.69) is 0 Å². The van der Waals surface area contributed by atoms with Crippen LogP contribution in [0, 0.1) is 15.9 Å². The molecule has 2 aliphatic rings. The zero-order valence-corrected chi connectivity index (χ0v) is 14.6. The molecule has 2 unspecified atom stereocenters. The quantitative estimate of drug-likeness (QED) is 0.603. The Balaban J connectivity index is 1.76. The van der Waals surface area contributed by atoms with Gasteiger partial charge in [0.15, 0.2) is 5.82 Å². The minimum atomic E-state index is -0.614. The van der Waals surface area contributed by atoms with Crippen molar-refractivity contribution in [2.75, 3.05) is 18.0 Å². The lowest BCUT2D eigenvalue weighted by Crippen LogP contribution is -2.57. The predicted octanol–water partition coefficient (Wildman–Crippen LogP) is 3.32. The Kier molecular flexibility index (Phi) is 4.30. The number of fused-ring (bicyclic) bond motifs is 2. The Bertz CT molecular complexity index is 690. The highest BCUT2D eigenvalue weighted by Crippen LogP contribution is 2.35. The summed E-state index contributed by atoms with van der Waals surface area (Å²) in [7, 11) is 0. The van der Waals surface area contributed by atoms with Crippen LogP contribution in [0.4, 0.5) is 20.6 Å². The summed E-state index contributed by atoms with van der Waals surface area (Å²) in [6, 6.07) is 3.61. The maximum Gasteiger partial charge on any atom is 0.410 e. The number of non-ortho nitro benzene ring substituents is 1. The Morgan fingerprint density at radius 3 is 2.36 bits per heavy atom. The largest absolute Gasteiger partial charge is 0.444 e. The van der Waals surface area contributed by atoms with Crippen LogP contribution >= 0.6 is 0 Å². The second-order valence-corrected chi connectivity index (χ2v) is 7.57. The topological polar surface area (TPSA) is 75.9 Å². The van der Waals surface area contributed by atoms with Crippen molar-refractivity contribution in [3.63, 3.8) is 0 Å². The van der Waals surface area contributed by atoms with Crippen molar-refractivity contribution in [3.05, 3.63) is 34.1 Å². The third-order valence-electron chi connectivity index (χ3n) is 4.57. The van der Waals surface area contributed by atoms with Gasteiger partial charge in [-0.05, 0) is 39.7 Å². The van der Waals surface area contributed by atoms with Crippen LogP contribution in [0.15, 0.2) is 18.2 Å². The number of benzene rings is 1. The Morgan fingerprint density at radius 1 is 1.28 bits per heavy atom. The number of carbonyl (C=O) groups excluding carboxylic acids is 1. The first-order valence-corrected chi connectivity index (χ1v) is 8.36. The maximum absolute atomic E-state index is 14.3. The number of anilines is 1. The zero-order valence-electron chi connectivity index (χ0n) is 14.6. The van der Waals surface area contributed by atoms with E-state index < -0.39 is 16.3 Å². The normalized spacial score (nSPS) is 22.9. The molecule has 1 aromatic rings. The van der Waals surface area contributed by atoms with Crippen LogP contribution in [0.5, 0.6) is 0 Å². The summed E-state index contributed by atoms with van der Waals surface area (Å²) in [4.78, 5) is 26.2. The molecule has 3 rings (SSSR count). The second kappa shape index (κ2) is 6.16. The van der Waals surface area contributed by atoms with E-state index in [1.165, 1.54) is 12.1 Å². The zero-order chi connectivity index (χ0) is 18.4. The molecule has 2 saturated heterocycles. The molecule has 25 heavy (non-hydrogen) atoms. The molecule has 2 bridgehead atoms. The maximum atomic E-state index is 14.3. The van der Waals surface area contributed by atoms with Crippen LogP contribution in [0.25, 0.3) is 0 Å². The van der Waals surface area contributed by atoms with Gasteiger partial charge in [0.1, 0.15) is 5.60 Å². The summed E-state index contributed by atoms with van der Waals surface area (Å²) < 4.78 is 19.8. The van der Waals surface area contributed by atoms with Gasteiger partial charge in [0.2, 0.25) is 0 Å². The number of nitro benzene ring substituents is 1. The van der Waals surface area contributed by atoms with E-state index >= 15 is 0 Å². The molecule has 1 aromatic carbocycles. The van der Waals surface area contributed by atoms with Gasteiger partial charge in [-0.15, -0.1) is 0 Å². The van der Waals surface area contributed by atoms with Crippen LogP contribution in [0.2, 0.25) is 0 Å². The fourth-order valence-corrected chi connectivity index (χ4v) is 3.58. The van der Waals surface area contributed by atoms with Gasteiger partial charge < -0.3 is 9.64 Å². The Hall–Kier alpha value is -2.38. The van der Waals surface area contributed by atoms with Crippen LogP contribution < -0.4 is 4.90 Å². The molecule has 2 aliphatic heterocycles. The van der Waals surface area contributed by atoms with Gasteiger partial charge in [0.25, 0.3) is 5.69 Å². The van der Waals surface area contributed by atoms with E-state index in [1.807, 2.05) is 25.7 Å². The first kappa shape index (κ1) is 17.4. The molecule has 1 amide bonds. The van der Waals surface area contributed by atoms with Crippen molar-refractivity contribution >= 4 is 17.5 Å². The van der Waals surface area contributed by atoms with Gasteiger partial charge in [-0.25, -0.2) is 9.18 Å². The lowest BCUT2D eigenvalue weighted by Gasteiger charge is -2.42. The van der Waals surface area contributed by atoms with Crippen molar-refractivity contribution in [2.45, 2.75) is 51.3 Å². The van der Waals surface area contributed by atoms with Gasteiger partial charge in [0.05, 0.1) is 28.8 Å². The first-order valence-electron chi connectivity index (χ1n) is 8.36. The molecular weight excluding hydrogens is 329 g/mol. The second-order valence-electron chi connectivity index (χ2n) is 7.57. The molecule has 0 aromatic heterocycles. The number of piperazine rings is 1. The summed E-state index contributed by atoms with van der Waals surface area (Å²) in [5, 5.41) is 10.8. The molecule has 8 heteroatoms. The molecule has 0 aliphatic carbocycles. The van der Waals surface area contributed by atoms with Gasteiger partial charge in [0, 0.05) is 19.2 Å². The number of nitro groups is 1. The van der Waals surface area contributed by atoms with E-state index in [1.54, 1.807) is 4.90 Å². The van der Waals surface area contributed by atoms with E-state index in [4.69, 9.17) is 4.74 Å². The number of amides is 1. The lowest BCUT2D eigenvalue weighted by molar-refractivity contribution is -0.385. The average molecular weight is 351 g/mol. The first-order chi connectivity index (χ1) is 11.7. The smallest absolute Gasteiger partial charge is 0.410 e. The minimum Gasteiger partial charge on any atom is -0.444 e. The summed E-state index contributed by atoms with van der Waals surface area (Å²) in [5.41, 5.74) is -0.485. The number of carbonyl (C=O) groups is 1. The monoisotopic (exact) mass is 351 g/mol. The van der Waals surface area contributed by atoms with Gasteiger partial charge in [-0.3, -0.25) is 15.0 Å². The molecule has 0 N–H and O–H groups in total. The molecule has 136 valence electrons.